The maximum Gasteiger partial charge on any atom is 0.223 e. The molecule has 1 amide bonds. The molecule has 2 aromatic rings. The number of amides is 1. The maximum atomic E-state index is 13.5. The van der Waals surface area contributed by atoms with E-state index in [-0.39, 0.29) is 12.0 Å². The highest BCUT2D eigenvalue weighted by molar-refractivity contribution is 5.92. The van der Waals surface area contributed by atoms with Crippen molar-refractivity contribution >= 4 is 22.6 Å². The van der Waals surface area contributed by atoms with Crippen LogP contribution in [0.4, 0.5) is 5.82 Å². The van der Waals surface area contributed by atoms with E-state index < -0.39 is 0 Å². The van der Waals surface area contributed by atoms with Crippen LogP contribution in [0.3, 0.4) is 0 Å². The first-order valence-corrected chi connectivity index (χ1v) is 12.1. The van der Waals surface area contributed by atoms with E-state index in [9.17, 15) is 4.79 Å². The Morgan fingerprint density at radius 2 is 1.82 bits per heavy atom. The van der Waals surface area contributed by atoms with E-state index in [0.717, 1.165) is 60.3 Å². The Kier molecular flexibility index (Phi) is 7.58. The molecule has 0 bridgehead atoms. The molecule has 1 atom stereocenters. The molecule has 2 fully saturated rings. The molecule has 4 rings (SSSR count). The summed E-state index contributed by atoms with van der Waals surface area (Å²) in [6.45, 7) is 1.92. The number of anilines is 1. The van der Waals surface area contributed by atoms with Gasteiger partial charge in [-0.25, -0.2) is 4.98 Å². The standard InChI is InChI=1S/C26H37N3O4/c1-28(2)26-19(15-21-22(31-3)11-12-23(32-4)25(21)27-26)16-29(17-20-10-7-13-33-20)24(30)14-18-8-5-6-9-18/h11-12,15,18,20H,5-10,13-14,16-17H2,1-4H3. The number of carbonyl (C=O) groups excluding carboxylic acids is 1. The first-order valence-electron chi connectivity index (χ1n) is 12.1. The van der Waals surface area contributed by atoms with E-state index in [2.05, 4.69) is 6.07 Å². The quantitative estimate of drug-likeness (QED) is 0.558. The van der Waals surface area contributed by atoms with Crippen molar-refractivity contribution in [3.63, 3.8) is 0 Å². The zero-order chi connectivity index (χ0) is 23.4. The summed E-state index contributed by atoms with van der Waals surface area (Å²) in [4.78, 5) is 22.4. The molecule has 2 aliphatic rings. The van der Waals surface area contributed by atoms with Crippen LogP contribution in [0.1, 0.15) is 50.5 Å². The van der Waals surface area contributed by atoms with Crippen molar-refractivity contribution in [3.8, 4) is 11.5 Å². The molecule has 1 saturated heterocycles. The van der Waals surface area contributed by atoms with Crippen LogP contribution in [0.2, 0.25) is 0 Å². The largest absolute Gasteiger partial charge is 0.496 e. The van der Waals surface area contributed by atoms with Gasteiger partial charge in [0.25, 0.3) is 0 Å². The third kappa shape index (κ3) is 5.35. The lowest BCUT2D eigenvalue weighted by atomic mass is 10.0. The molecule has 0 N–H and O–H groups in total. The van der Waals surface area contributed by atoms with Crippen LogP contribution in [-0.4, -0.2) is 63.4 Å². The number of aromatic nitrogens is 1. The van der Waals surface area contributed by atoms with Gasteiger partial charge in [0.05, 0.1) is 20.3 Å². The third-order valence-corrected chi connectivity index (χ3v) is 6.93. The van der Waals surface area contributed by atoms with Gasteiger partial charge in [0, 0.05) is 51.2 Å². The summed E-state index contributed by atoms with van der Waals surface area (Å²) in [5.74, 6) is 3.01. The molecular weight excluding hydrogens is 418 g/mol. The van der Waals surface area contributed by atoms with Crippen molar-refractivity contribution in [2.75, 3.05) is 46.4 Å². The minimum absolute atomic E-state index is 0.114. The number of benzene rings is 1. The van der Waals surface area contributed by atoms with Gasteiger partial charge in [0.15, 0.2) is 0 Å². The minimum atomic E-state index is 0.114. The zero-order valence-electron chi connectivity index (χ0n) is 20.4. The van der Waals surface area contributed by atoms with E-state index >= 15 is 0 Å². The van der Waals surface area contributed by atoms with Crippen molar-refractivity contribution in [1.82, 2.24) is 9.88 Å². The number of fused-ring (bicyclic) bond motifs is 1. The Bertz CT molecular complexity index is 966. The Morgan fingerprint density at radius 3 is 2.45 bits per heavy atom. The van der Waals surface area contributed by atoms with E-state index in [1.54, 1.807) is 14.2 Å². The number of carbonyl (C=O) groups is 1. The number of rotatable bonds is 9. The summed E-state index contributed by atoms with van der Waals surface area (Å²) in [6.07, 6.45) is 7.62. The predicted molar refractivity (Wildman–Crippen MR) is 130 cm³/mol. The summed E-state index contributed by atoms with van der Waals surface area (Å²) in [5.41, 5.74) is 1.75. The van der Waals surface area contributed by atoms with E-state index in [1.807, 2.05) is 36.0 Å². The molecule has 1 saturated carbocycles. The van der Waals surface area contributed by atoms with Gasteiger partial charge in [-0.2, -0.15) is 0 Å². The average Bonchev–Trinajstić information content (AvgIpc) is 3.51. The summed E-state index contributed by atoms with van der Waals surface area (Å²) in [7, 11) is 7.27. The molecule has 2 heterocycles. The van der Waals surface area contributed by atoms with Crippen LogP contribution in [0.25, 0.3) is 10.9 Å². The van der Waals surface area contributed by atoms with E-state index in [1.165, 1.54) is 12.8 Å². The van der Waals surface area contributed by atoms with Crippen molar-refractivity contribution in [2.45, 2.75) is 57.6 Å². The van der Waals surface area contributed by atoms with Crippen LogP contribution in [-0.2, 0) is 16.1 Å². The second-order valence-electron chi connectivity index (χ2n) is 9.50. The van der Waals surface area contributed by atoms with Gasteiger partial charge < -0.3 is 24.0 Å². The van der Waals surface area contributed by atoms with Gasteiger partial charge in [-0.3, -0.25) is 4.79 Å². The fraction of sp³-hybridized carbons (Fsp3) is 0.615. The van der Waals surface area contributed by atoms with Gasteiger partial charge in [-0.1, -0.05) is 12.8 Å². The van der Waals surface area contributed by atoms with Crippen LogP contribution in [0.15, 0.2) is 18.2 Å². The Hall–Kier alpha value is -2.54. The monoisotopic (exact) mass is 455 g/mol. The molecule has 33 heavy (non-hydrogen) atoms. The lowest BCUT2D eigenvalue weighted by molar-refractivity contribution is -0.134. The topological polar surface area (TPSA) is 64.1 Å². The lowest BCUT2D eigenvalue weighted by Gasteiger charge is -2.28. The van der Waals surface area contributed by atoms with Gasteiger partial charge in [-0.05, 0) is 49.8 Å². The highest BCUT2D eigenvalue weighted by Gasteiger charge is 2.27. The summed E-state index contributed by atoms with van der Waals surface area (Å²) in [5, 5.41) is 0.887. The summed E-state index contributed by atoms with van der Waals surface area (Å²) < 4.78 is 17.1. The average molecular weight is 456 g/mol. The Balaban J connectivity index is 1.69. The molecule has 1 aromatic heterocycles. The SMILES string of the molecule is COc1ccc(OC)c2nc(N(C)C)c(CN(CC3CCCO3)C(=O)CC3CCCC3)cc12. The second-order valence-corrected chi connectivity index (χ2v) is 9.50. The highest BCUT2D eigenvalue weighted by Crippen LogP contribution is 2.36. The first-order chi connectivity index (χ1) is 16.0. The molecule has 0 radical (unpaired) electrons. The predicted octanol–water partition coefficient (Wildman–Crippen LogP) is 4.41. The van der Waals surface area contributed by atoms with Crippen LogP contribution in [0.5, 0.6) is 11.5 Å². The molecule has 1 aliphatic heterocycles. The fourth-order valence-electron chi connectivity index (χ4n) is 5.17. The van der Waals surface area contributed by atoms with Crippen LogP contribution < -0.4 is 14.4 Å². The van der Waals surface area contributed by atoms with Crippen molar-refractivity contribution in [1.29, 1.82) is 0 Å². The molecule has 1 unspecified atom stereocenters. The number of ether oxygens (including phenoxy) is 3. The molecule has 7 heteroatoms. The Morgan fingerprint density at radius 1 is 1.09 bits per heavy atom. The highest BCUT2D eigenvalue weighted by atomic mass is 16.5. The van der Waals surface area contributed by atoms with Gasteiger partial charge in [-0.15, -0.1) is 0 Å². The first kappa shape index (κ1) is 23.6. The number of hydrogen-bond donors (Lipinski definition) is 0. The normalized spacial score (nSPS) is 18.6. The van der Waals surface area contributed by atoms with Gasteiger partial charge >= 0.3 is 0 Å². The second kappa shape index (κ2) is 10.6. The molecular formula is C26H37N3O4. The maximum absolute atomic E-state index is 13.5. The number of methoxy groups -OCH3 is 2. The van der Waals surface area contributed by atoms with Gasteiger partial charge in [0.1, 0.15) is 22.8 Å². The van der Waals surface area contributed by atoms with E-state index in [4.69, 9.17) is 19.2 Å². The summed E-state index contributed by atoms with van der Waals surface area (Å²) >= 11 is 0. The van der Waals surface area contributed by atoms with Crippen LogP contribution >= 0.6 is 0 Å². The molecule has 1 aromatic carbocycles. The molecule has 180 valence electrons. The zero-order valence-corrected chi connectivity index (χ0v) is 20.4. The van der Waals surface area contributed by atoms with Crippen molar-refractivity contribution in [2.24, 2.45) is 5.92 Å². The number of hydrogen-bond acceptors (Lipinski definition) is 6. The smallest absolute Gasteiger partial charge is 0.223 e. The number of nitrogens with zero attached hydrogens (tertiary/aromatic N) is 3. The molecule has 7 nitrogen and oxygen atoms in total. The number of pyridine rings is 1. The van der Waals surface area contributed by atoms with Crippen molar-refractivity contribution in [3.05, 3.63) is 23.8 Å². The van der Waals surface area contributed by atoms with Crippen molar-refractivity contribution < 1.29 is 19.0 Å². The summed E-state index contributed by atoms with van der Waals surface area (Å²) in [6, 6.07) is 5.88. The van der Waals surface area contributed by atoms with E-state index in [0.29, 0.717) is 31.2 Å². The molecule has 1 aliphatic carbocycles. The van der Waals surface area contributed by atoms with Gasteiger partial charge in [0.2, 0.25) is 5.91 Å². The Labute approximate surface area is 197 Å². The molecule has 0 spiro atoms. The fourth-order valence-corrected chi connectivity index (χ4v) is 5.17. The van der Waals surface area contributed by atoms with Crippen LogP contribution in [0, 0.1) is 5.92 Å². The third-order valence-electron chi connectivity index (χ3n) is 6.93. The minimum Gasteiger partial charge on any atom is -0.496 e. The lowest BCUT2D eigenvalue weighted by Crippen LogP contribution is -2.38.